The lowest BCUT2D eigenvalue weighted by atomic mass is 10.2. The number of halogens is 1. The van der Waals surface area contributed by atoms with Gasteiger partial charge < -0.3 is 10.6 Å². The van der Waals surface area contributed by atoms with Crippen LogP contribution in [0.25, 0.3) is 0 Å². The minimum absolute atomic E-state index is 0.356. The predicted octanol–water partition coefficient (Wildman–Crippen LogP) is 3.90. The van der Waals surface area contributed by atoms with Crippen molar-refractivity contribution in [1.82, 2.24) is 15.2 Å². The Morgan fingerprint density at radius 1 is 1.35 bits per heavy atom. The minimum atomic E-state index is 0.356. The molecule has 6 heteroatoms. The summed E-state index contributed by atoms with van der Waals surface area (Å²) in [7, 11) is 0. The van der Waals surface area contributed by atoms with Gasteiger partial charge in [0.05, 0.1) is 6.20 Å². The van der Waals surface area contributed by atoms with E-state index in [9.17, 15) is 0 Å². The van der Waals surface area contributed by atoms with E-state index in [-0.39, 0.29) is 0 Å². The van der Waals surface area contributed by atoms with Gasteiger partial charge >= 0.3 is 0 Å². The molecule has 0 fully saturated rings. The quantitative estimate of drug-likeness (QED) is 0.867. The van der Waals surface area contributed by atoms with Gasteiger partial charge in [0.2, 0.25) is 5.95 Å². The van der Waals surface area contributed by atoms with Gasteiger partial charge in [0, 0.05) is 16.2 Å². The molecular weight excluding hydrogens is 318 g/mol. The summed E-state index contributed by atoms with van der Waals surface area (Å²) < 4.78 is 1.08. The van der Waals surface area contributed by atoms with Crippen molar-refractivity contribution in [2.24, 2.45) is 0 Å². The summed E-state index contributed by atoms with van der Waals surface area (Å²) in [5.74, 6) is 1.21. The number of benzene rings is 1. The van der Waals surface area contributed by atoms with E-state index in [0.717, 1.165) is 28.0 Å². The summed E-state index contributed by atoms with van der Waals surface area (Å²) in [5.41, 5.74) is 2.09. The molecule has 1 heterocycles. The van der Waals surface area contributed by atoms with Crippen LogP contribution in [0.1, 0.15) is 25.8 Å². The topological polar surface area (TPSA) is 62.7 Å². The zero-order valence-corrected chi connectivity index (χ0v) is 13.4. The van der Waals surface area contributed by atoms with Crippen LogP contribution in [0.2, 0.25) is 0 Å². The number of hydrogen-bond acceptors (Lipinski definition) is 5. The van der Waals surface area contributed by atoms with E-state index in [4.69, 9.17) is 0 Å². The molecule has 106 valence electrons. The number of nitrogens with zero attached hydrogens (tertiary/aromatic N) is 3. The summed E-state index contributed by atoms with van der Waals surface area (Å²) in [6.07, 6.45) is 2.66. The Morgan fingerprint density at radius 2 is 2.15 bits per heavy atom. The van der Waals surface area contributed by atoms with Crippen molar-refractivity contribution in [2.75, 3.05) is 10.6 Å². The molecule has 1 aromatic heterocycles. The lowest BCUT2D eigenvalue weighted by Gasteiger charge is -2.12. The monoisotopic (exact) mass is 335 g/mol. The van der Waals surface area contributed by atoms with Crippen molar-refractivity contribution in [3.05, 3.63) is 34.4 Å². The van der Waals surface area contributed by atoms with Gasteiger partial charge in [-0.1, -0.05) is 22.9 Å². The number of hydrogen-bond donors (Lipinski definition) is 2. The smallest absolute Gasteiger partial charge is 0.249 e. The molecule has 0 bridgehead atoms. The van der Waals surface area contributed by atoms with Gasteiger partial charge in [-0.25, -0.2) is 0 Å². The number of nitrogens with one attached hydrogen (secondary N) is 2. The maximum Gasteiger partial charge on any atom is 0.249 e. The first-order chi connectivity index (χ1) is 9.58. The zero-order valence-electron chi connectivity index (χ0n) is 11.8. The maximum absolute atomic E-state index is 4.40. The summed E-state index contributed by atoms with van der Waals surface area (Å²) in [5, 5.41) is 14.4. The molecule has 2 aromatic rings. The molecular formula is C14H18BrN5. The lowest BCUT2D eigenvalue weighted by Crippen LogP contribution is -2.15. The first-order valence-corrected chi connectivity index (χ1v) is 7.37. The highest BCUT2D eigenvalue weighted by atomic mass is 79.9. The summed E-state index contributed by atoms with van der Waals surface area (Å²) in [4.78, 5) is 4.40. The van der Waals surface area contributed by atoms with Gasteiger partial charge in [0.25, 0.3) is 0 Å². The Labute approximate surface area is 127 Å². The van der Waals surface area contributed by atoms with Gasteiger partial charge in [-0.2, -0.15) is 10.1 Å². The molecule has 0 spiro atoms. The molecule has 0 aliphatic rings. The van der Waals surface area contributed by atoms with Gasteiger partial charge in [-0.3, -0.25) is 0 Å². The second-order valence-electron chi connectivity index (χ2n) is 4.71. The minimum Gasteiger partial charge on any atom is -0.366 e. The van der Waals surface area contributed by atoms with E-state index in [1.54, 1.807) is 6.20 Å². The third-order valence-corrected chi connectivity index (χ3v) is 3.87. The summed E-state index contributed by atoms with van der Waals surface area (Å²) in [6.45, 7) is 6.26. The molecule has 0 aliphatic heterocycles. The normalized spacial score (nSPS) is 12.0. The van der Waals surface area contributed by atoms with Crippen LogP contribution in [-0.4, -0.2) is 21.2 Å². The third-order valence-electron chi connectivity index (χ3n) is 2.98. The molecule has 1 atom stereocenters. The molecule has 2 N–H and O–H groups in total. The van der Waals surface area contributed by atoms with Crippen LogP contribution < -0.4 is 10.6 Å². The van der Waals surface area contributed by atoms with Crippen LogP contribution in [-0.2, 0) is 0 Å². The Hall–Kier alpha value is -1.69. The van der Waals surface area contributed by atoms with Crippen molar-refractivity contribution in [3.63, 3.8) is 0 Å². The molecule has 0 aliphatic carbocycles. The molecule has 5 nitrogen and oxygen atoms in total. The standard InChI is InChI=1S/C14H18BrN5/c1-4-10(3)17-13-8-16-20-14(19-13)18-11-5-6-12(15)9(2)7-11/h5-8,10H,4H2,1-3H3,(H2,17,18,19,20). The van der Waals surface area contributed by atoms with Crippen LogP contribution in [0.3, 0.4) is 0 Å². The average molecular weight is 336 g/mol. The Balaban J connectivity index is 2.12. The van der Waals surface area contributed by atoms with E-state index in [0.29, 0.717) is 12.0 Å². The van der Waals surface area contributed by atoms with E-state index in [1.807, 2.05) is 25.1 Å². The van der Waals surface area contributed by atoms with Crippen molar-refractivity contribution < 1.29 is 0 Å². The molecule has 0 amide bonds. The number of aromatic nitrogens is 3. The summed E-state index contributed by atoms with van der Waals surface area (Å²) >= 11 is 3.48. The second-order valence-corrected chi connectivity index (χ2v) is 5.56. The SMILES string of the molecule is CCC(C)Nc1cnnc(Nc2ccc(Br)c(C)c2)n1. The predicted molar refractivity (Wildman–Crippen MR) is 85.4 cm³/mol. The van der Waals surface area contributed by atoms with Crippen LogP contribution in [0.4, 0.5) is 17.5 Å². The maximum atomic E-state index is 4.40. The molecule has 20 heavy (non-hydrogen) atoms. The first-order valence-electron chi connectivity index (χ1n) is 6.58. The van der Waals surface area contributed by atoms with Gasteiger partial charge in [0.1, 0.15) is 0 Å². The fourth-order valence-electron chi connectivity index (χ4n) is 1.63. The fraction of sp³-hybridized carbons (Fsp3) is 0.357. The number of rotatable bonds is 5. The number of aryl methyl sites for hydroxylation is 1. The molecule has 0 saturated heterocycles. The highest BCUT2D eigenvalue weighted by Gasteiger charge is 2.04. The lowest BCUT2D eigenvalue weighted by molar-refractivity contribution is 0.755. The highest BCUT2D eigenvalue weighted by Crippen LogP contribution is 2.21. The fourth-order valence-corrected chi connectivity index (χ4v) is 1.88. The van der Waals surface area contributed by atoms with E-state index in [2.05, 4.69) is 55.6 Å². The molecule has 1 aromatic carbocycles. The van der Waals surface area contributed by atoms with Crippen molar-refractivity contribution in [2.45, 2.75) is 33.2 Å². The van der Waals surface area contributed by atoms with Crippen LogP contribution in [0, 0.1) is 6.92 Å². The van der Waals surface area contributed by atoms with Crippen molar-refractivity contribution >= 4 is 33.4 Å². The van der Waals surface area contributed by atoms with Crippen molar-refractivity contribution in [3.8, 4) is 0 Å². The molecule has 2 rings (SSSR count). The zero-order chi connectivity index (χ0) is 14.5. The van der Waals surface area contributed by atoms with Gasteiger partial charge in [-0.15, -0.1) is 5.10 Å². The van der Waals surface area contributed by atoms with Gasteiger partial charge in [0.15, 0.2) is 5.82 Å². The van der Waals surface area contributed by atoms with Gasteiger partial charge in [-0.05, 0) is 44.0 Å². The third kappa shape index (κ3) is 3.90. The highest BCUT2D eigenvalue weighted by molar-refractivity contribution is 9.10. The average Bonchev–Trinajstić information content (AvgIpc) is 2.43. The Kier molecular flexibility index (Phi) is 4.89. The van der Waals surface area contributed by atoms with Crippen LogP contribution >= 0.6 is 15.9 Å². The Bertz CT molecular complexity index is 588. The largest absolute Gasteiger partial charge is 0.366 e. The second kappa shape index (κ2) is 6.65. The first kappa shape index (κ1) is 14.7. The summed E-state index contributed by atoms with van der Waals surface area (Å²) in [6, 6.07) is 6.35. The molecule has 0 saturated carbocycles. The van der Waals surface area contributed by atoms with E-state index >= 15 is 0 Å². The van der Waals surface area contributed by atoms with E-state index < -0.39 is 0 Å². The Morgan fingerprint density at radius 3 is 2.85 bits per heavy atom. The van der Waals surface area contributed by atoms with Crippen LogP contribution in [0.15, 0.2) is 28.9 Å². The molecule has 1 unspecified atom stereocenters. The van der Waals surface area contributed by atoms with Crippen molar-refractivity contribution in [1.29, 1.82) is 0 Å². The molecule has 0 radical (unpaired) electrons. The van der Waals surface area contributed by atoms with Crippen LogP contribution in [0.5, 0.6) is 0 Å². The van der Waals surface area contributed by atoms with E-state index in [1.165, 1.54) is 0 Å². The number of anilines is 3.